The SMILES string of the molecule is CCNC(=O)c1sc(NCC2CCCC2)c(C#N)c1N. The highest BCUT2D eigenvalue weighted by Gasteiger charge is 2.22. The van der Waals surface area contributed by atoms with Crippen LogP contribution in [0.5, 0.6) is 0 Å². The minimum Gasteiger partial charge on any atom is -0.396 e. The van der Waals surface area contributed by atoms with Gasteiger partial charge in [0.15, 0.2) is 0 Å². The predicted octanol–water partition coefficient (Wildman–Crippen LogP) is 2.55. The topological polar surface area (TPSA) is 90.9 Å². The Labute approximate surface area is 123 Å². The van der Waals surface area contributed by atoms with E-state index in [9.17, 15) is 10.1 Å². The summed E-state index contributed by atoms with van der Waals surface area (Å²) in [5, 5.41) is 16.0. The first kappa shape index (κ1) is 14.7. The Hall–Kier alpha value is -1.74. The molecule has 6 heteroatoms. The highest BCUT2D eigenvalue weighted by Crippen LogP contribution is 2.36. The van der Waals surface area contributed by atoms with Crippen molar-refractivity contribution in [3.8, 4) is 6.07 Å². The van der Waals surface area contributed by atoms with Gasteiger partial charge in [-0.15, -0.1) is 11.3 Å². The number of carbonyl (C=O) groups is 1. The second-order valence-corrected chi connectivity index (χ2v) is 6.07. The molecule has 1 heterocycles. The average Bonchev–Trinajstić information content (AvgIpc) is 3.04. The smallest absolute Gasteiger partial charge is 0.263 e. The fraction of sp³-hybridized carbons (Fsp3) is 0.571. The van der Waals surface area contributed by atoms with E-state index in [2.05, 4.69) is 16.7 Å². The number of hydrogen-bond acceptors (Lipinski definition) is 5. The van der Waals surface area contributed by atoms with Crippen molar-refractivity contribution in [3.63, 3.8) is 0 Å². The van der Waals surface area contributed by atoms with Gasteiger partial charge in [-0.1, -0.05) is 12.8 Å². The number of nitrogen functional groups attached to an aromatic ring is 1. The molecule has 1 aliphatic carbocycles. The summed E-state index contributed by atoms with van der Waals surface area (Å²) < 4.78 is 0. The van der Waals surface area contributed by atoms with E-state index >= 15 is 0 Å². The van der Waals surface area contributed by atoms with Gasteiger partial charge < -0.3 is 16.4 Å². The van der Waals surface area contributed by atoms with Crippen LogP contribution < -0.4 is 16.4 Å². The van der Waals surface area contributed by atoms with E-state index in [4.69, 9.17) is 5.73 Å². The van der Waals surface area contributed by atoms with Crippen LogP contribution >= 0.6 is 11.3 Å². The molecule has 4 N–H and O–H groups in total. The van der Waals surface area contributed by atoms with Crippen molar-refractivity contribution in [2.75, 3.05) is 24.1 Å². The van der Waals surface area contributed by atoms with Gasteiger partial charge in [0.05, 0.1) is 5.69 Å². The van der Waals surface area contributed by atoms with Gasteiger partial charge in [0, 0.05) is 13.1 Å². The minimum absolute atomic E-state index is 0.208. The summed E-state index contributed by atoms with van der Waals surface area (Å²) in [4.78, 5) is 12.3. The van der Waals surface area contributed by atoms with Crippen molar-refractivity contribution in [2.24, 2.45) is 5.92 Å². The van der Waals surface area contributed by atoms with Crippen LogP contribution in [0.4, 0.5) is 10.7 Å². The second kappa shape index (κ2) is 6.62. The predicted molar refractivity (Wildman–Crippen MR) is 81.9 cm³/mol. The molecule has 20 heavy (non-hydrogen) atoms. The van der Waals surface area contributed by atoms with E-state index in [0.29, 0.717) is 22.9 Å². The van der Waals surface area contributed by atoms with E-state index in [1.165, 1.54) is 37.0 Å². The fourth-order valence-electron chi connectivity index (χ4n) is 2.54. The van der Waals surface area contributed by atoms with E-state index in [-0.39, 0.29) is 11.6 Å². The Kier molecular flexibility index (Phi) is 4.85. The van der Waals surface area contributed by atoms with Gasteiger partial charge in [-0.25, -0.2) is 0 Å². The number of amides is 1. The summed E-state index contributed by atoms with van der Waals surface area (Å²) in [5.41, 5.74) is 6.60. The molecule has 1 aromatic heterocycles. The summed E-state index contributed by atoms with van der Waals surface area (Å²) in [6.07, 6.45) is 5.04. The highest BCUT2D eigenvalue weighted by atomic mass is 32.1. The summed E-state index contributed by atoms with van der Waals surface area (Å²) in [7, 11) is 0. The first-order valence-corrected chi connectivity index (χ1v) is 7.83. The molecule has 0 aliphatic heterocycles. The number of thiophene rings is 1. The van der Waals surface area contributed by atoms with Crippen LogP contribution in [0.3, 0.4) is 0 Å². The lowest BCUT2D eigenvalue weighted by Gasteiger charge is -2.10. The zero-order chi connectivity index (χ0) is 14.5. The molecule has 0 radical (unpaired) electrons. The monoisotopic (exact) mass is 292 g/mol. The fourth-order valence-corrected chi connectivity index (χ4v) is 3.53. The van der Waals surface area contributed by atoms with Gasteiger partial charge in [-0.3, -0.25) is 4.79 Å². The van der Waals surface area contributed by atoms with Crippen molar-refractivity contribution in [1.29, 1.82) is 5.26 Å². The van der Waals surface area contributed by atoms with Gasteiger partial charge in [0.1, 0.15) is 21.5 Å². The lowest BCUT2D eigenvalue weighted by atomic mass is 10.1. The van der Waals surface area contributed by atoms with Crippen molar-refractivity contribution in [1.82, 2.24) is 5.32 Å². The Bertz CT molecular complexity index is 526. The number of rotatable bonds is 5. The number of hydrogen-bond donors (Lipinski definition) is 3. The second-order valence-electron chi connectivity index (χ2n) is 5.05. The average molecular weight is 292 g/mol. The molecule has 1 saturated carbocycles. The maximum Gasteiger partial charge on any atom is 0.263 e. The van der Waals surface area contributed by atoms with Crippen LogP contribution in [0.15, 0.2) is 0 Å². The van der Waals surface area contributed by atoms with Crippen molar-refractivity contribution >= 4 is 27.9 Å². The third-order valence-corrected chi connectivity index (χ3v) is 4.79. The summed E-state index contributed by atoms with van der Waals surface area (Å²) in [6, 6.07) is 2.10. The van der Waals surface area contributed by atoms with Crippen LogP contribution in [-0.4, -0.2) is 19.0 Å². The van der Waals surface area contributed by atoms with Gasteiger partial charge in [-0.2, -0.15) is 5.26 Å². The van der Waals surface area contributed by atoms with Crippen LogP contribution in [0.2, 0.25) is 0 Å². The molecule has 0 atom stereocenters. The first-order valence-electron chi connectivity index (χ1n) is 7.01. The molecule has 2 rings (SSSR count). The van der Waals surface area contributed by atoms with Crippen LogP contribution in [-0.2, 0) is 0 Å². The zero-order valence-electron chi connectivity index (χ0n) is 11.7. The van der Waals surface area contributed by atoms with E-state index in [1.807, 2.05) is 6.92 Å². The van der Waals surface area contributed by atoms with Crippen LogP contribution in [0.25, 0.3) is 0 Å². The Morgan fingerprint density at radius 2 is 2.20 bits per heavy atom. The zero-order valence-corrected chi connectivity index (χ0v) is 12.5. The Morgan fingerprint density at radius 1 is 1.50 bits per heavy atom. The molecule has 0 aromatic carbocycles. The lowest BCUT2D eigenvalue weighted by Crippen LogP contribution is -2.22. The number of nitrogens with one attached hydrogen (secondary N) is 2. The number of carbonyl (C=O) groups excluding carboxylic acids is 1. The summed E-state index contributed by atoms with van der Waals surface area (Å²) in [5.74, 6) is 0.457. The molecule has 0 spiro atoms. The quantitative estimate of drug-likeness (QED) is 0.778. The van der Waals surface area contributed by atoms with E-state index < -0.39 is 0 Å². The maximum absolute atomic E-state index is 11.9. The number of nitrogens with zero attached hydrogens (tertiary/aromatic N) is 1. The molecule has 1 amide bonds. The van der Waals surface area contributed by atoms with Crippen molar-refractivity contribution < 1.29 is 4.79 Å². The minimum atomic E-state index is -0.208. The largest absolute Gasteiger partial charge is 0.396 e. The van der Waals surface area contributed by atoms with Crippen molar-refractivity contribution in [3.05, 3.63) is 10.4 Å². The molecule has 108 valence electrons. The number of nitrogens with two attached hydrogens (primary N) is 1. The van der Waals surface area contributed by atoms with Crippen LogP contribution in [0, 0.1) is 17.2 Å². The van der Waals surface area contributed by atoms with E-state index in [1.54, 1.807) is 0 Å². The third kappa shape index (κ3) is 3.05. The molecule has 1 fully saturated rings. The lowest BCUT2D eigenvalue weighted by molar-refractivity contribution is 0.0960. The molecule has 0 bridgehead atoms. The molecule has 0 saturated heterocycles. The summed E-state index contributed by atoms with van der Waals surface area (Å²) in [6.45, 7) is 3.25. The highest BCUT2D eigenvalue weighted by molar-refractivity contribution is 7.18. The molecular weight excluding hydrogens is 272 g/mol. The van der Waals surface area contributed by atoms with Crippen molar-refractivity contribution in [2.45, 2.75) is 32.6 Å². The normalized spacial score (nSPS) is 15.0. The number of anilines is 2. The number of nitriles is 1. The van der Waals surface area contributed by atoms with Gasteiger partial charge in [0.25, 0.3) is 5.91 Å². The summed E-state index contributed by atoms with van der Waals surface area (Å²) >= 11 is 1.27. The molecule has 5 nitrogen and oxygen atoms in total. The first-order chi connectivity index (χ1) is 9.67. The molecule has 1 aromatic rings. The van der Waals surface area contributed by atoms with Gasteiger partial charge in [0.2, 0.25) is 0 Å². The maximum atomic E-state index is 11.9. The van der Waals surface area contributed by atoms with Gasteiger partial charge >= 0.3 is 0 Å². The van der Waals surface area contributed by atoms with Gasteiger partial charge in [-0.05, 0) is 25.7 Å². The van der Waals surface area contributed by atoms with Crippen LogP contribution in [0.1, 0.15) is 47.8 Å². The molecular formula is C14H20N4OS. The Morgan fingerprint density at radius 3 is 2.80 bits per heavy atom. The third-order valence-electron chi connectivity index (χ3n) is 3.63. The standard InChI is InChI=1S/C14H20N4OS/c1-2-17-13(19)12-11(16)10(7-15)14(20-12)18-8-9-5-3-4-6-9/h9,18H,2-6,8,16H2,1H3,(H,17,19). The molecule has 0 unspecified atom stereocenters. The van der Waals surface area contributed by atoms with E-state index in [0.717, 1.165) is 11.5 Å². The Balaban J connectivity index is 2.13. The molecule has 1 aliphatic rings.